The first-order chi connectivity index (χ1) is 9.58. The van der Waals surface area contributed by atoms with Crippen molar-refractivity contribution in [3.05, 3.63) is 0 Å². The van der Waals surface area contributed by atoms with Gasteiger partial charge in [0.25, 0.3) is 0 Å². The Morgan fingerprint density at radius 2 is 1.90 bits per heavy atom. The molecule has 0 atom stereocenters. The van der Waals surface area contributed by atoms with Crippen LogP contribution in [0.2, 0.25) is 0 Å². The predicted octanol–water partition coefficient (Wildman–Crippen LogP) is 0.439. The van der Waals surface area contributed by atoms with Crippen molar-refractivity contribution in [2.45, 2.75) is 43.9 Å². The maximum Gasteiger partial charge on any atom is 0.329 e. The SMILES string of the molecule is COC1CC(NC(=O)N2CCC(OCC(=O)O)CC2)C1. The standard InChI is InChI=1S/C13H22N2O5/c1-19-11-6-9(7-11)14-13(18)15-4-2-10(3-5-15)20-8-12(16)17/h9-11H,2-8H2,1H3,(H,14,18)(H,16,17). The van der Waals surface area contributed by atoms with Crippen molar-refractivity contribution in [2.75, 3.05) is 26.8 Å². The summed E-state index contributed by atoms with van der Waals surface area (Å²) in [4.78, 5) is 24.2. The number of hydrogen-bond acceptors (Lipinski definition) is 4. The van der Waals surface area contributed by atoms with E-state index in [2.05, 4.69) is 5.32 Å². The number of carboxylic acid groups (broad SMARTS) is 1. The van der Waals surface area contributed by atoms with Crippen LogP contribution in [0.1, 0.15) is 25.7 Å². The van der Waals surface area contributed by atoms with Gasteiger partial charge in [0.1, 0.15) is 6.61 Å². The minimum atomic E-state index is -0.956. The van der Waals surface area contributed by atoms with Gasteiger partial charge in [0.05, 0.1) is 12.2 Å². The molecule has 2 aliphatic rings. The van der Waals surface area contributed by atoms with Gasteiger partial charge in [0, 0.05) is 26.2 Å². The molecule has 1 heterocycles. The zero-order chi connectivity index (χ0) is 14.5. The molecule has 2 rings (SSSR count). The van der Waals surface area contributed by atoms with E-state index >= 15 is 0 Å². The number of carbonyl (C=O) groups excluding carboxylic acids is 1. The molecule has 7 nitrogen and oxygen atoms in total. The van der Waals surface area contributed by atoms with Crippen molar-refractivity contribution in [2.24, 2.45) is 0 Å². The third-order valence-corrected chi connectivity index (χ3v) is 3.93. The molecule has 0 aromatic heterocycles. The third kappa shape index (κ3) is 4.08. The van der Waals surface area contributed by atoms with Gasteiger partial charge >= 0.3 is 12.0 Å². The van der Waals surface area contributed by atoms with Crippen LogP contribution < -0.4 is 5.32 Å². The Bertz CT molecular complexity index is 349. The lowest BCUT2D eigenvalue weighted by Gasteiger charge is -2.37. The summed E-state index contributed by atoms with van der Waals surface area (Å²) in [5.41, 5.74) is 0. The van der Waals surface area contributed by atoms with Crippen LogP contribution in [-0.2, 0) is 14.3 Å². The third-order valence-electron chi connectivity index (χ3n) is 3.93. The van der Waals surface area contributed by atoms with Crippen molar-refractivity contribution in [1.82, 2.24) is 10.2 Å². The van der Waals surface area contributed by atoms with Crippen LogP contribution in [0.25, 0.3) is 0 Å². The molecule has 0 spiro atoms. The first-order valence-corrected chi connectivity index (χ1v) is 7.00. The smallest absolute Gasteiger partial charge is 0.329 e. The highest BCUT2D eigenvalue weighted by molar-refractivity contribution is 5.74. The number of nitrogens with zero attached hydrogens (tertiary/aromatic N) is 1. The number of methoxy groups -OCH3 is 1. The topological polar surface area (TPSA) is 88.1 Å². The number of carbonyl (C=O) groups is 2. The summed E-state index contributed by atoms with van der Waals surface area (Å²) in [5.74, 6) is -0.956. The largest absolute Gasteiger partial charge is 0.480 e. The lowest BCUT2D eigenvalue weighted by atomic mass is 9.89. The van der Waals surface area contributed by atoms with Crippen LogP contribution in [0.5, 0.6) is 0 Å². The summed E-state index contributed by atoms with van der Waals surface area (Å²) in [5, 5.41) is 11.5. The Hall–Kier alpha value is -1.34. The molecule has 7 heteroatoms. The zero-order valence-electron chi connectivity index (χ0n) is 11.7. The number of amides is 2. The maximum atomic E-state index is 12.0. The molecule has 0 bridgehead atoms. The van der Waals surface area contributed by atoms with Gasteiger partial charge in [-0.15, -0.1) is 0 Å². The molecule has 1 saturated carbocycles. The number of rotatable bonds is 5. The summed E-state index contributed by atoms with van der Waals surface area (Å²) in [6.07, 6.45) is 3.34. The van der Waals surface area contributed by atoms with Crippen LogP contribution >= 0.6 is 0 Å². The van der Waals surface area contributed by atoms with E-state index in [1.54, 1.807) is 12.0 Å². The van der Waals surface area contributed by atoms with Gasteiger partial charge in [-0.3, -0.25) is 0 Å². The number of nitrogens with one attached hydrogen (secondary N) is 1. The van der Waals surface area contributed by atoms with Crippen molar-refractivity contribution < 1.29 is 24.2 Å². The summed E-state index contributed by atoms with van der Waals surface area (Å²) >= 11 is 0. The van der Waals surface area contributed by atoms with E-state index in [-0.39, 0.29) is 30.9 Å². The van der Waals surface area contributed by atoms with Gasteiger partial charge < -0.3 is 24.8 Å². The molecule has 20 heavy (non-hydrogen) atoms. The van der Waals surface area contributed by atoms with Gasteiger partial charge in [0.15, 0.2) is 0 Å². The maximum absolute atomic E-state index is 12.0. The van der Waals surface area contributed by atoms with E-state index in [9.17, 15) is 9.59 Å². The van der Waals surface area contributed by atoms with E-state index in [0.717, 1.165) is 12.8 Å². The molecule has 1 saturated heterocycles. The Labute approximate surface area is 118 Å². The van der Waals surface area contributed by atoms with E-state index in [1.165, 1.54) is 0 Å². The average Bonchev–Trinajstić information content (AvgIpc) is 2.40. The second-order valence-corrected chi connectivity index (χ2v) is 5.37. The summed E-state index contributed by atoms with van der Waals surface area (Å²) in [6.45, 7) is 0.949. The van der Waals surface area contributed by atoms with Crippen molar-refractivity contribution >= 4 is 12.0 Å². The molecule has 0 unspecified atom stereocenters. The molecule has 2 fully saturated rings. The minimum absolute atomic E-state index is 0.0405. The fourth-order valence-corrected chi connectivity index (χ4v) is 2.56. The fourth-order valence-electron chi connectivity index (χ4n) is 2.56. The fraction of sp³-hybridized carbons (Fsp3) is 0.846. The number of ether oxygens (including phenoxy) is 2. The van der Waals surface area contributed by atoms with Crippen molar-refractivity contribution in [3.63, 3.8) is 0 Å². The number of piperidine rings is 1. The lowest BCUT2D eigenvalue weighted by molar-refractivity contribution is -0.145. The molecule has 0 aromatic rings. The molecule has 0 aromatic carbocycles. The van der Waals surface area contributed by atoms with E-state index in [0.29, 0.717) is 25.9 Å². The molecule has 1 aliphatic carbocycles. The minimum Gasteiger partial charge on any atom is -0.480 e. The second-order valence-electron chi connectivity index (χ2n) is 5.37. The Morgan fingerprint density at radius 3 is 2.45 bits per heavy atom. The van der Waals surface area contributed by atoms with E-state index in [4.69, 9.17) is 14.6 Å². The molecular formula is C13H22N2O5. The Morgan fingerprint density at radius 1 is 1.25 bits per heavy atom. The Kier molecular flexibility index (Phi) is 5.19. The normalized spacial score (nSPS) is 26.9. The molecule has 114 valence electrons. The highest BCUT2D eigenvalue weighted by Crippen LogP contribution is 2.23. The molecular weight excluding hydrogens is 264 g/mol. The number of carboxylic acids is 1. The summed E-state index contributed by atoms with van der Waals surface area (Å²) in [6, 6.07) is 0.176. The van der Waals surface area contributed by atoms with Gasteiger partial charge in [-0.25, -0.2) is 9.59 Å². The number of hydrogen-bond donors (Lipinski definition) is 2. The van der Waals surface area contributed by atoms with Gasteiger partial charge in [-0.05, 0) is 25.7 Å². The molecule has 2 amide bonds. The molecule has 1 aliphatic heterocycles. The lowest BCUT2D eigenvalue weighted by Crippen LogP contribution is -2.53. The van der Waals surface area contributed by atoms with Crippen LogP contribution in [0.4, 0.5) is 4.79 Å². The van der Waals surface area contributed by atoms with Gasteiger partial charge in [-0.2, -0.15) is 0 Å². The highest BCUT2D eigenvalue weighted by Gasteiger charge is 2.32. The predicted molar refractivity (Wildman–Crippen MR) is 70.5 cm³/mol. The zero-order valence-corrected chi connectivity index (χ0v) is 11.7. The Balaban J connectivity index is 1.63. The van der Waals surface area contributed by atoms with Crippen LogP contribution in [0.15, 0.2) is 0 Å². The summed E-state index contributed by atoms with van der Waals surface area (Å²) in [7, 11) is 1.69. The van der Waals surface area contributed by atoms with Crippen molar-refractivity contribution in [3.8, 4) is 0 Å². The average molecular weight is 286 g/mol. The summed E-state index contributed by atoms with van der Waals surface area (Å²) < 4.78 is 10.4. The molecule has 0 radical (unpaired) electrons. The van der Waals surface area contributed by atoms with Gasteiger partial charge in [0.2, 0.25) is 0 Å². The van der Waals surface area contributed by atoms with Gasteiger partial charge in [-0.1, -0.05) is 0 Å². The monoisotopic (exact) mass is 286 g/mol. The number of aliphatic carboxylic acids is 1. The van der Waals surface area contributed by atoms with E-state index in [1.807, 2.05) is 0 Å². The van der Waals surface area contributed by atoms with Crippen molar-refractivity contribution in [1.29, 1.82) is 0 Å². The number of likely N-dealkylation sites (tertiary alicyclic amines) is 1. The quantitative estimate of drug-likeness (QED) is 0.765. The highest BCUT2D eigenvalue weighted by atomic mass is 16.5. The molecule has 2 N–H and O–H groups in total. The van der Waals surface area contributed by atoms with Crippen LogP contribution in [0, 0.1) is 0 Å². The number of urea groups is 1. The van der Waals surface area contributed by atoms with Crippen LogP contribution in [0.3, 0.4) is 0 Å². The second kappa shape index (κ2) is 6.90. The van der Waals surface area contributed by atoms with Crippen LogP contribution in [-0.4, -0.2) is 67.1 Å². The van der Waals surface area contributed by atoms with E-state index < -0.39 is 5.97 Å². The first kappa shape index (κ1) is 15.1. The first-order valence-electron chi connectivity index (χ1n) is 7.00.